The van der Waals surface area contributed by atoms with Gasteiger partial charge in [0.2, 0.25) is 0 Å². The maximum Gasteiger partial charge on any atom is 0.0943 e. The Morgan fingerprint density at radius 3 is 1.00 bits per heavy atom. The third-order valence-corrected chi connectivity index (χ3v) is 32.2. The minimum Gasteiger partial charge on any atom is -0.354 e. The highest BCUT2D eigenvalue weighted by atomic mass is 28.3. The molecular formula is C67H72N2Si2. The fourth-order valence-electron chi connectivity index (χ4n) is 15.7. The summed E-state index contributed by atoms with van der Waals surface area (Å²) in [5, 5.41) is 8.44. The van der Waals surface area contributed by atoms with Crippen LogP contribution in [0.5, 0.6) is 0 Å². The number of aromatic amines is 2. The Bertz CT molecular complexity index is 3330. The van der Waals surface area contributed by atoms with E-state index in [0.717, 1.165) is 0 Å². The molecule has 10 aromatic rings. The van der Waals surface area contributed by atoms with E-state index in [9.17, 15) is 0 Å². The van der Waals surface area contributed by atoms with Crippen LogP contribution in [0.25, 0.3) is 77.0 Å². The predicted molar refractivity (Wildman–Crippen MR) is 315 cm³/mol. The van der Waals surface area contributed by atoms with E-state index in [1.54, 1.807) is 10.4 Å². The van der Waals surface area contributed by atoms with Crippen LogP contribution in [-0.4, -0.2) is 26.1 Å². The zero-order valence-electron chi connectivity index (χ0n) is 44.1. The van der Waals surface area contributed by atoms with Crippen molar-refractivity contribution in [3.05, 3.63) is 192 Å². The molecule has 71 heavy (non-hydrogen) atoms. The van der Waals surface area contributed by atoms with Crippen molar-refractivity contribution in [2.45, 2.75) is 122 Å². The number of aromatic nitrogens is 2. The van der Waals surface area contributed by atoms with Crippen molar-refractivity contribution >= 4 is 70.1 Å². The van der Waals surface area contributed by atoms with Gasteiger partial charge in [-0.3, -0.25) is 0 Å². The molecule has 11 rings (SSSR count). The predicted octanol–water partition coefficient (Wildman–Crippen LogP) is 18.4. The summed E-state index contributed by atoms with van der Waals surface area (Å²) in [4.78, 5) is 7.84. The Labute approximate surface area is 425 Å². The Kier molecular flexibility index (Phi) is 11.6. The van der Waals surface area contributed by atoms with E-state index < -0.39 is 21.6 Å². The normalized spacial score (nSPS) is 13.9. The van der Waals surface area contributed by atoms with E-state index in [1.807, 2.05) is 0 Å². The lowest BCUT2D eigenvalue weighted by atomic mass is 9.67. The highest BCUT2D eigenvalue weighted by molar-refractivity contribution is 6.95. The number of hydrogen-bond acceptors (Lipinski definition) is 0. The second kappa shape index (κ2) is 17.5. The fraction of sp³-hybridized carbons (Fsp3) is 0.284. The van der Waals surface area contributed by atoms with Gasteiger partial charge < -0.3 is 9.97 Å². The molecule has 4 heteroatoms. The summed E-state index contributed by atoms with van der Waals surface area (Å²) in [6.07, 6.45) is 0. The molecule has 2 N–H and O–H groups in total. The molecule has 0 saturated carbocycles. The van der Waals surface area contributed by atoms with Gasteiger partial charge in [-0.25, -0.2) is 0 Å². The van der Waals surface area contributed by atoms with Gasteiger partial charge >= 0.3 is 0 Å². The molecule has 1 aliphatic carbocycles. The molecule has 2 heterocycles. The molecule has 0 spiro atoms. The van der Waals surface area contributed by atoms with Crippen molar-refractivity contribution in [2.75, 3.05) is 0 Å². The monoisotopic (exact) mass is 961 g/mol. The third-order valence-electron chi connectivity index (χ3n) is 18.2. The molecule has 358 valence electrons. The highest BCUT2D eigenvalue weighted by Gasteiger charge is 2.48. The van der Waals surface area contributed by atoms with Gasteiger partial charge in [0.25, 0.3) is 0 Å². The standard InChI is InChI=1S/C67H72N2Si2/c1-41(2)70(42(3)4,43(5)6)51-37-57(65-59(39-51)55-23-15-19-27-63(55)68-65)47-29-33-49(34-30-47)67(61-25-17-13-21-53(61)54-22-14-18-26-62(54)67)50-35-31-48(32-36-50)58-38-52(71(44(7)8,45(9)10)46(11)12)40-60-56-24-16-20-28-64(56)69-66(58)60/h13-46,68-69H,1-12H3. The first-order valence-electron chi connectivity index (χ1n) is 26.7. The summed E-state index contributed by atoms with van der Waals surface area (Å²) in [6.45, 7) is 29.9. The van der Waals surface area contributed by atoms with E-state index in [4.69, 9.17) is 0 Å². The topological polar surface area (TPSA) is 31.6 Å². The smallest absolute Gasteiger partial charge is 0.0943 e. The molecule has 0 unspecified atom stereocenters. The molecule has 2 nitrogen and oxygen atoms in total. The van der Waals surface area contributed by atoms with E-state index in [1.165, 1.54) is 99.2 Å². The number of H-pyrrole nitrogens is 2. The summed E-state index contributed by atoms with van der Waals surface area (Å²) in [5.74, 6) is 0. The van der Waals surface area contributed by atoms with Crippen molar-refractivity contribution in [3.8, 4) is 33.4 Å². The number of rotatable bonds is 12. The lowest BCUT2D eigenvalue weighted by molar-refractivity contribution is 0.769. The quantitative estimate of drug-likeness (QED) is 0.114. The van der Waals surface area contributed by atoms with Gasteiger partial charge in [-0.2, -0.15) is 0 Å². The first-order valence-corrected chi connectivity index (χ1v) is 31.1. The lowest BCUT2D eigenvalue weighted by Crippen LogP contribution is -2.55. The third kappa shape index (κ3) is 6.76. The number of para-hydroxylation sites is 2. The summed E-state index contributed by atoms with van der Waals surface area (Å²) >= 11 is 0. The second-order valence-corrected chi connectivity index (χ2v) is 34.8. The maximum absolute atomic E-state index is 3.92. The van der Waals surface area contributed by atoms with E-state index >= 15 is 0 Å². The Morgan fingerprint density at radius 2 is 0.648 bits per heavy atom. The first kappa shape index (κ1) is 47.1. The Hall–Kier alpha value is -6.21. The average molecular weight is 961 g/mol. The van der Waals surface area contributed by atoms with Gasteiger partial charge in [0.1, 0.15) is 0 Å². The summed E-state index contributed by atoms with van der Waals surface area (Å²) in [6, 6.07) is 66.0. The highest BCUT2D eigenvalue weighted by Crippen LogP contribution is 2.57. The van der Waals surface area contributed by atoms with Crippen LogP contribution in [-0.2, 0) is 5.41 Å². The van der Waals surface area contributed by atoms with Gasteiger partial charge in [-0.05, 0) is 89.9 Å². The molecular weight excluding hydrogens is 889 g/mol. The van der Waals surface area contributed by atoms with Gasteiger partial charge in [0.15, 0.2) is 0 Å². The molecule has 0 radical (unpaired) electrons. The van der Waals surface area contributed by atoms with Gasteiger partial charge in [0, 0.05) is 43.7 Å². The fourth-order valence-corrected chi connectivity index (χ4v) is 29.3. The summed E-state index contributed by atoms with van der Waals surface area (Å²) in [5.41, 5.74) is 20.9. The average Bonchev–Trinajstić information content (AvgIpc) is 4.02. The minimum absolute atomic E-state index is 0.523. The van der Waals surface area contributed by atoms with Crippen molar-refractivity contribution in [1.29, 1.82) is 0 Å². The Balaban J connectivity index is 1.12. The van der Waals surface area contributed by atoms with Crippen LogP contribution in [0.1, 0.15) is 105 Å². The lowest BCUT2D eigenvalue weighted by Gasteiger charge is -2.44. The van der Waals surface area contributed by atoms with Crippen LogP contribution < -0.4 is 10.4 Å². The van der Waals surface area contributed by atoms with Crippen LogP contribution in [0.2, 0.25) is 33.2 Å². The zero-order chi connectivity index (χ0) is 49.7. The molecule has 0 amide bonds. The SMILES string of the molecule is CC(C)[Si](c1cc(-c2ccc(C3(c4ccc(-c5cc([Si](C(C)C)(C(C)C)C(C)C)cc6c5[nH]c5ccccc56)cc4)c4ccccc4-c4ccccc43)cc2)c2[nH]c3ccccc3c2c1)(C(C)C)C(C)C. The van der Waals surface area contributed by atoms with Gasteiger partial charge in [0.05, 0.1) is 32.6 Å². The summed E-state index contributed by atoms with van der Waals surface area (Å²) in [7, 11) is -4.02. The van der Waals surface area contributed by atoms with Crippen molar-refractivity contribution in [2.24, 2.45) is 0 Å². The number of benzene rings is 8. The molecule has 0 atom stereocenters. The summed E-state index contributed by atoms with van der Waals surface area (Å²) < 4.78 is 0. The van der Waals surface area contributed by atoms with Crippen LogP contribution >= 0.6 is 0 Å². The van der Waals surface area contributed by atoms with Gasteiger partial charge in [-0.1, -0.05) is 251 Å². The molecule has 0 bridgehead atoms. The molecule has 0 aliphatic heterocycles. The van der Waals surface area contributed by atoms with Crippen molar-refractivity contribution in [3.63, 3.8) is 0 Å². The maximum atomic E-state index is 3.92. The molecule has 2 aromatic heterocycles. The van der Waals surface area contributed by atoms with Crippen LogP contribution in [0.3, 0.4) is 0 Å². The van der Waals surface area contributed by atoms with E-state index in [0.29, 0.717) is 33.2 Å². The molecule has 0 saturated heterocycles. The van der Waals surface area contributed by atoms with Crippen molar-refractivity contribution < 1.29 is 0 Å². The zero-order valence-corrected chi connectivity index (χ0v) is 46.1. The Morgan fingerprint density at radius 1 is 0.324 bits per heavy atom. The minimum atomic E-state index is -2.01. The van der Waals surface area contributed by atoms with Gasteiger partial charge in [-0.15, -0.1) is 0 Å². The molecule has 8 aromatic carbocycles. The molecule has 1 aliphatic rings. The number of hydrogen-bond donors (Lipinski definition) is 2. The largest absolute Gasteiger partial charge is 0.354 e. The van der Waals surface area contributed by atoms with Crippen LogP contribution in [0.4, 0.5) is 0 Å². The second-order valence-electron chi connectivity index (χ2n) is 23.0. The van der Waals surface area contributed by atoms with Crippen LogP contribution in [0.15, 0.2) is 170 Å². The van der Waals surface area contributed by atoms with E-state index in [2.05, 4.69) is 263 Å². The number of nitrogens with one attached hydrogen (secondary N) is 2. The number of fused-ring (bicyclic) bond motifs is 9. The van der Waals surface area contributed by atoms with Crippen molar-refractivity contribution in [1.82, 2.24) is 9.97 Å². The molecule has 0 fully saturated rings. The van der Waals surface area contributed by atoms with Crippen LogP contribution in [0, 0.1) is 0 Å². The first-order chi connectivity index (χ1) is 34.2. The van der Waals surface area contributed by atoms with E-state index in [-0.39, 0.29) is 0 Å².